The Morgan fingerprint density at radius 2 is 2.18 bits per heavy atom. The van der Waals surface area contributed by atoms with Crippen LogP contribution in [0, 0.1) is 0 Å². The minimum Gasteiger partial charge on any atom is -0.382 e. The molecule has 1 unspecified atom stereocenters. The van der Waals surface area contributed by atoms with Gasteiger partial charge in [-0.1, -0.05) is 38.0 Å². The average Bonchev–Trinajstić information content (AvgIpc) is 2.58. The van der Waals surface area contributed by atoms with Crippen LogP contribution >= 0.6 is 0 Å². The van der Waals surface area contributed by atoms with E-state index in [0.29, 0.717) is 6.10 Å². The predicted molar refractivity (Wildman–Crippen MR) is 72.5 cm³/mol. The summed E-state index contributed by atoms with van der Waals surface area (Å²) in [6.07, 6.45) is 6.37. The maximum Gasteiger partial charge on any atom is 0.0750 e. The van der Waals surface area contributed by atoms with Crippen molar-refractivity contribution in [1.29, 1.82) is 0 Å². The Morgan fingerprint density at radius 1 is 1.29 bits per heavy atom. The Kier molecular flexibility index (Phi) is 4.87. The van der Waals surface area contributed by atoms with Gasteiger partial charge in [-0.2, -0.15) is 0 Å². The third-order valence-corrected chi connectivity index (χ3v) is 3.37. The second-order valence-corrected chi connectivity index (χ2v) is 4.78. The molecule has 0 fully saturated rings. The molecule has 1 N–H and O–H groups in total. The number of unbranched alkanes of at least 4 members (excludes halogenated alkanes) is 2. The molecule has 0 spiro atoms. The van der Waals surface area contributed by atoms with Crippen molar-refractivity contribution in [3.8, 4) is 0 Å². The van der Waals surface area contributed by atoms with Crippen molar-refractivity contribution in [2.75, 3.05) is 18.5 Å². The number of aryl methyl sites for hydroxylation is 1. The summed E-state index contributed by atoms with van der Waals surface area (Å²) >= 11 is 0. The Balaban J connectivity index is 1.78. The molecule has 1 aromatic rings. The van der Waals surface area contributed by atoms with Crippen molar-refractivity contribution in [2.45, 2.75) is 45.1 Å². The van der Waals surface area contributed by atoms with Crippen LogP contribution in [0.3, 0.4) is 0 Å². The number of anilines is 1. The fraction of sp³-hybridized carbons (Fsp3) is 0.600. The summed E-state index contributed by atoms with van der Waals surface area (Å²) in [5.74, 6) is 0. The van der Waals surface area contributed by atoms with Gasteiger partial charge in [0.25, 0.3) is 0 Å². The number of para-hydroxylation sites is 1. The Bertz CT molecular complexity index is 310. The quantitative estimate of drug-likeness (QED) is 0.784. The molecule has 1 aliphatic rings. The molecular weight excluding hydrogens is 210 g/mol. The fourth-order valence-corrected chi connectivity index (χ4v) is 2.30. The summed E-state index contributed by atoms with van der Waals surface area (Å²) < 4.78 is 5.93. The number of nitrogens with one attached hydrogen (secondary N) is 1. The molecule has 2 heteroatoms. The highest BCUT2D eigenvalue weighted by molar-refractivity contribution is 5.51. The minimum atomic E-state index is 0.374. The van der Waals surface area contributed by atoms with Gasteiger partial charge in [0.15, 0.2) is 0 Å². The molecule has 2 rings (SSSR count). The molecular formula is C15H23NO. The molecule has 17 heavy (non-hydrogen) atoms. The molecule has 0 aromatic heterocycles. The lowest BCUT2D eigenvalue weighted by Crippen LogP contribution is -2.22. The normalized spacial score (nSPS) is 19.2. The summed E-state index contributed by atoms with van der Waals surface area (Å²) in [6, 6.07) is 8.58. The van der Waals surface area contributed by atoms with Crippen LogP contribution in [0.5, 0.6) is 0 Å². The highest BCUT2D eigenvalue weighted by Crippen LogP contribution is 2.21. The monoisotopic (exact) mass is 233 g/mol. The first-order valence-electron chi connectivity index (χ1n) is 6.83. The molecule has 0 aliphatic carbocycles. The highest BCUT2D eigenvalue weighted by atomic mass is 16.5. The fourth-order valence-electron chi connectivity index (χ4n) is 2.30. The second-order valence-electron chi connectivity index (χ2n) is 4.78. The maximum atomic E-state index is 5.93. The first-order valence-corrected chi connectivity index (χ1v) is 6.83. The Labute approximate surface area is 104 Å². The summed E-state index contributed by atoms with van der Waals surface area (Å²) in [6.45, 7) is 4.09. The van der Waals surface area contributed by atoms with E-state index in [1.807, 2.05) is 0 Å². The van der Waals surface area contributed by atoms with E-state index in [4.69, 9.17) is 4.74 Å². The SMILES string of the molecule is CCCCCOC1CCc2ccccc2NC1. The lowest BCUT2D eigenvalue weighted by molar-refractivity contribution is 0.0549. The Morgan fingerprint density at radius 3 is 3.06 bits per heavy atom. The van der Waals surface area contributed by atoms with Gasteiger partial charge in [0.2, 0.25) is 0 Å². The van der Waals surface area contributed by atoms with Crippen molar-refractivity contribution in [1.82, 2.24) is 0 Å². The smallest absolute Gasteiger partial charge is 0.0750 e. The van der Waals surface area contributed by atoms with Crippen LogP contribution in [-0.4, -0.2) is 19.3 Å². The largest absolute Gasteiger partial charge is 0.382 e. The molecule has 0 bridgehead atoms. The zero-order valence-corrected chi connectivity index (χ0v) is 10.7. The number of rotatable bonds is 5. The lowest BCUT2D eigenvalue weighted by atomic mass is 10.1. The first-order chi connectivity index (χ1) is 8.40. The molecule has 94 valence electrons. The summed E-state index contributed by atoms with van der Waals surface area (Å²) in [5.41, 5.74) is 2.71. The van der Waals surface area contributed by atoms with Crippen molar-refractivity contribution in [3.63, 3.8) is 0 Å². The summed E-state index contributed by atoms with van der Waals surface area (Å²) in [5, 5.41) is 3.49. The van der Waals surface area contributed by atoms with Crippen LogP contribution in [-0.2, 0) is 11.2 Å². The molecule has 0 saturated heterocycles. The van der Waals surface area contributed by atoms with E-state index in [0.717, 1.165) is 26.0 Å². The van der Waals surface area contributed by atoms with E-state index in [9.17, 15) is 0 Å². The Hall–Kier alpha value is -1.02. The topological polar surface area (TPSA) is 21.3 Å². The van der Waals surface area contributed by atoms with Gasteiger partial charge in [-0.25, -0.2) is 0 Å². The van der Waals surface area contributed by atoms with Crippen LogP contribution in [0.15, 0.2) is 24.3 Å². The van der Waals surface area contributed by atoms with Crippen molar-refractivity contribution < 1.29 is 4.74 Å². The molecule has 1 heterocycles. The van der Waals surface area contributed by atoms with Gasteiger partial charge in [0.05, 0.1) is 6.10 Å². The van der Waals surface area contributed by atoms with Gasteiger partial charge < -0.3 is 10.1 Å². The number of hydrogen-bond acceptors (Lipinski definition) is 2. The zero-order chi connectivity index (χ0) is 11.9. The third-order valence-electron chi connectivity index (χ3n) is 3.37. The molecule has 2 nitrogen and oxygen atoms in total. The van der Waals surface area contributed by atoms with E-state index < -0.39 is 0 Å². The number of benzene rings is 1. The van der Waals surface area contributed by atoms with Crippen LogP contribution in [0.25, 0.3) is 0 Å². The van der Waals surface area contributed by atoms with Gasteiger partial charge in [0.1, 0.15) is 0 Å². The van der Waals surface area contributed by atoms with Crippen molar-refractivity contribution >= 4 is 5.69 Å². The summed E-state index contributed by atoms with van der Waals surface area (Å²) in [7, 11) is 0. The van der Waals surface area contributed by atoms with Gasteiger partial charge in [-0.05, 0) is 30.9 Å². The standard InChI is InChI=1S/C15H23NO/c1-2-3-6-11-17-14-10-9-13-7-4-5-8-15(13)16-12-14/h4-5,7-8,14,16H,2-3,6,9-12H2,1H3. The van der Waals surface area contributed by atoms with E-state index in [1.54, 1.807) is 0 Å². The van der Waals surface area contributed by atoms with E-state index in [1.165, 1.54) is 30.5 Å². The molecule has 1 aliphatic heterocycles. The van der Waals surface area contributed by atoms with E-state index in [2.05, 4.69) is 36.5 Å². The minimum absolute atomic E-state index is 0.374. The van der Waals surface area contributed by atoms with Crippen LogP contribution in [0.1, 0.15) is 38.2 Å². The van der Waals surface area contributed by atoms with Crippen LogP contribution in [0.2, 0.25) is 0 Å². The van der Waals surface area contributed by atoms with Gasteiger partial charge in [-0.3, -0.25) is 0 Å². The molecule has 1 aromatic carbocycles. The van der Waals surface area contributed by atoms with Crippen LogP contribution in [0.4, 0.5) is 5.69 Å². The molecule has 0 radical (unpaired) electrons. The van der Waals surface area contributed by atoms with Gasteiger partial charge in [0, 0.05) is 18.8 Å². The van der Waals surface area contributed by atoms with Gasteiger partial charge >= 0.3 is 0 Å². The number of hydrogen-bond donors (Lipinski definition) is 1. The van der Waals surface area contributed by atoms with E-state index >= 15 is 0 Å². The second kappa shape index (κ2) is 6.65. The summed E-state index contributed by atoms with van der Waals surface area (Å²) in [4.78, 5) is 0. The third kappa shape index (κ3) is 3.74. The van der Waals surface area contributed by atoms with Crippen molar-refractivity contribution in [3.05, 3.63) is 29.8 Å². The number of fused-ring (bicyclic) bond motifs is 1. The molecule has 0 saturated carbocycles. The lowest BCUT2D eigenvalue weighted by Gasteiger charge is -2.15. The zero-order valence-electron chi connectivity index (χ0n) is 10.7. The average molecular weight is 233 g/mol. The highest BCUT2D eigenvalue weighted by Gasteiger charge is 2.15. The van der Waals surface area contributed by atoms with E-state index in [-0.39, 0.29) is 0 Å². The van der Waals surface area contributed by atoms with Crippen LogP contribution < -0.4 is 5.32 Å². The molecule has 0 amide bonds. The first kappa shape index (κ1) is 12.4. The van der Waals surface area contributed by atoms with Crippen molar-refractivity contribution in [2.24, 2.45) is 0 Å². The number of ether oxygens (including phenoxy) is 1. The van der Waals surface area contributed by atoms with Gasteiger partial charge in [-0.15, -0.1) is 0 Å². The maximum absolute atomic E-state index is 5.93. The molecule has 1 atom stereocenters. The predicted octanol–water partition coefficient (Wildman–Crippen LogP) is 3.62.